The maximum Gasteiger partial charge on any atom is 0.301 e. The molecule has 7 nitrogen and oxygen atoms in total. The molecule has 0 aliphatic carbocycles. The van der Waals surface area contributed by atoms with E-state index in [1.54, 1.807) is 7.05 Å². The van der Waals surface area contributed by atoms with Gasteiger partial charge in [0.05, 0.1) is 20.4 Å². The third kappa shape index (κ3) is 2.19. The summed E-state index contributed by atoms with van der Waals surface area (Å²) < 4.78 is 6.18. The van der Waals surface area contributed by atoms with Crippen LogP contribution in [0.4, 0.5) is 0 Å². The van der Waals surface area contributed by atoms with Gasteiger partial charge in [0.15, 0.2) is 5.75 Å². The molecule has 88 valence electrons. The van der Waals surface area contributed by atoms with Crippen LogP contribution in [0.15, 0.2) is 11.0 Å². The van der Waals surface area contributed by atoms with Crippen molar-refractivity contribution in [1.29, 1.82) is 0 Å². The Labute approximate surface area is 92.1 Å². The number of methoxy groups -OCH3 is 1. The van der Waals surface area contributed by atoms with E-state index in [9.17, 15) is 9.59 Å². The number of carbonyl (C=O) groups is 1. The van der Waals surface area contributed by atoms with E-state index in [-0.39, 0.29) is 11.4 Å². The number of amides is 1. The van der Waals surface area contributed by atoms with Crippen molar-refractivity contribution < 1.29 is 14.4 Å². The molecule has 0 saturated carbocycles. The number of aromatic nitrogens is 2. The number of nitrogens with zero attached hydrogens (tertiary/aromatic N) is 3. The lowest BCUT2D eigenvalue weighted by atomic mass is 10.3. The minimum absolute atomic E-state index is 0.0605. The van der Waals surface area contributed by atoms with E-state index in [4.69, 9.17) is 4.74 Å². The van der Waals surface area contributed by atoms with Gasteiger partial charge in [-0.15, -0.1) is 0 Å². The predicted molar refractivity (Wildman–Crippen MR) is 55.1 cm³/mol. The summed E-state index contributed by atoms with van der Waals surface area (Å²) in [5.74, 6) is -0.563. The third-order valence-corrected chi connectivity index (χ3v) is 1.98. The second-order valence-corrected chi connectivity index (χ2v) is 3.03. The standard InChI is InChI=1S/C9H13N3O4/c1-11-5-6(15-3)8(13)7(10-11)9(14)12(2)16-4/h5H,1-4H3. The van der Waals surface area contributed by atoms with Crippen molar-refractivity contribution in [3.63, 3.8) is 0 Å². The molecule has 7 heteroatoms. The molecule has 1 aromatic heterocycles. The van der Waals surface area contributed by atoms with Crippen LogP contribution in [0.1, 0.15) is 10.5 Å². The molecule has 1 aromatic rings. The van der Waals surface area contributed by atoms with Gasteiger partial charge in [0.1, 0.15) is 0 Å². The van der Waals surface area contributed by atoms with E-state index in [0.717, 1.165) is 5.06 Å². The number of carbonyl (C=O) groups excluding carboxylic acids is 1. The SMILES string of the molecule is COc1cn(C)nc(C(=O)N(C)OC)c1=O. The normalized spacial score (nSPS) is 10.0. The molecular weight excluding hydrogens is 214 g/mol. The first-order chi connectivity index (χ1) is 7.51. The summed E-state index contributed by atoms with van der Waals surface area (Å²) in [4.78, 5) is 28.1. The molecule has 0 N–H and O–H groups in total. The average Bonchev–Trinajstić information content (AvgIpc) is 2.29. The monoisotopic (exact) mass is 227 g/mol. The van der Waals surface area contributed by atoms with Crippen LogP contribution in [0.5, 0.6) is 5.75 Å². The highest BCUT2D eigenvalue weighted by Gasteiger charge is 2.20. The molecule has 0 unspecified atom stereocenters. The lowest BCUT2D eigenvalue weighted by Crippen LogP contribution is -2.32. The summed E-state index contributed by atoms with van der Waals surface area (Å²) >= 11 is 0. The molecule has 0 fully saturated rings. The average molecular weight is 227 g/mol. The highest BCUT2D eigenvalue weighted by molar-refractivity contribution is 5.91. The molecule has 0 aliphatic heterocycles. The van der Waals surface area contributed by atoms with Crippen LogP contribution in [0.2, 0.25) is 0 Å². The zero-order valence-electron chi connectivity index (χ0n) is 9.55. The zero-order chi connectivity index (χ0) is 12.3. The van der Waals surface area contributed by atoms with Gasteiger partial charge in [0.2, 0.25) is 5.69 Å². The number of hydroxylamine groups is 2. The van der Waals surface area contributed by atoms with Gasteiger partial charge in [-0.3, -0.25) is 19.1 Å². The van der Waals surface area contributed by atoms with E-state index in [1.165, 1.54) is 32.1 Å². The first-order valence-corrected chi connectivity index (χ1v) is 4.45. The Morgan fingerprint density at radius 1 is 1.50 bits per heavy atom. The molecule has 0 aliphatic rings. The summed E-state index contributed by atoms with van der Waals surface area (Å²) in [6.45, 7) is 0. The van der Waals surface area contributed by atoms with Gasteiger partial charge in [-0.05, 0) is 0 Å². The Morgan fingerprint density at radius 2 is 2.12 bits per heavy atom. The van der Waals surface area contributed by atoms with Crippen molar-refractivity contribution >= 4 is 5.91 Å². The largest absolute Gasteiger partial charge is 0.491 e. The van der Waals surface area contributed by atoms with Crippen molar-refractivity contribution in [2.24, 2.45) is 7.05 Å². The van der Waals surface area contributed by atoms with Gasteiger partial charge in [-0.25, -0.2) is 5.06 Å². The van der Waals surface area contributed by atoms with E-state index < -0.39 is 11.3 Å². The summed E-state index contributed by atoms with van der Waals surface area (Å²) in [5.41, 5.74) is -0.805. The number of hydrogen-bond donors (Lipinski definition) is 0. The fourth-order valence-corrected chi connectivity index (χ4v) is 1.09. The van der Waals surface area contributed by atoms with Crippen LogP contribution in [0.25, 0.3) is 0 Å². The first-order valence-electron chi connectivity index (χ1n) is 4.45. The van der Waals surface area contributed by atoms with Crippen LogP contribution in [-0.2, 0) is 11.9 Å². The van der Waals surface area contributed by atoms with Crippen LogP contribution < -0.4 is 10.2 Å². The Bertz CT molecular complexity index is 455. The Morgan fingerprint density at radius 3 is 2.62 bits per heavy atom. The topological polar surface area (TPSA) is 73.7 Å². The Hall–Kier alpha value is -1.89. The molecule has 0 spiro atoms. The van der Waals surface area contributed by atoms with Gasteiger partial charge >= 0.3 is 5.91 Å². The maximum atomic E-state index is 11.7. The first kappa shape index (κ1) is 12.2. The molecule has 0 radical (unpaired) electrons. The lowest BCUT2D eigenvalue weighted by molar-refractivity contribution is -0.0762. The Balaban J connectivity index is 3.29. The van der Waals surface area contributed by atoms with Crippen LogP contribution in [0, 0.1) is 0 Å². The minimum atomic E-state index is -0.623. The van der Waals surface area contributed by atoms with Crippen molar-refractivity contribution in [2.45, 2.75) is 0 Å². The molecule has 0 aromatic carbocycles. The highest BCUT2D eigenvalue weighted by atomic mass is 16.7. The van der Waals surface area contributed by atoms with Gasteiger partial charge in [0.25, 0.3) is 5.43 Å². The predicted octanol–water partition coefficient (Wildman–Crippen LogP) is -0.578. The minimum Gasteiger partial charge on any atom is -0.491 e. The van der Waals surface area contributed by atoms with E-state index >= 15 is 0 Å². The molecule has 0 atom stereocenters. The van der Waals surface area contributed by atoms with Gasteiger partial charge in [-0.2, -0.15) is 5.10 Å². The van der Waals surface area contributed by atoms with E-state index in [0.29, 0.717) is 0 Å². The van der Waals surface area contributed by atoms with Crippen LogP contribution in [-0.4, -0.2) is 42.0 Å². The molecule has 1 rings (SSSR count). The van der Waals surface area contributed by atoms with Crippen molar-refractivity contribution in [3.05, 3.63) is 22.1 Å². The second kappa shape index (κ2) is 4.75. The molecule has 1 amide bonds. The number of hydrogen-bond acceptors (Lipinski definition) is 5. The summed E-state index contributed by atoms with van der Waals surface area (Å²) in [6, 6.07) is 0. The van der Waals surface area contributed by atoms with Crippen molar-refractivity contribution in [1.82, 2.24) is 14.8 Å². The number of rotatable bonds is 3. The van der Waals surface area contributed by atoms with Gasteiger partial charge in [0, 0.05) is 14.1 Å². The van der Waals surface area contributed by atoms with Crippen molar-refractivity contribution in [2.75, 3.05) is 21.3 Å². The zero-order valence-corrected chi connectivity index (χ0v) is 9.55. The highest BCUT2D eigenvalue weighted by Crippen LogP contribution is 2.03. The molecular formula is C9H13N3O4. The van der Waals surface area contributed by atoms with E-state index in [2.05, 4.69) is 9.94 Å². The van der Waals surface area contributed by atoms with Crippen LogP contribution >= 0.6 is 0 Å². The van der Waals surface area contributed by atoms with Gasteiger partial charge < -0.3 is 4.74 Å². The van der Waals surface area contributed by atoms with Gasteiger partial charge in [-0.1, -0.05) is 0 Å². The summed E-state index contributed by atoms with van der Waals surface area (Å²) in [6.07, 6.45) is 1.39. The smallest absolute Gasteiger partial charge is 0.301 e. The number of ether oxygens (including phenoxy) is 1. The fourth-order valence-electron chi connectivity index (χ4n) is 1.09. The van der Waals surface area contributed by atoms with Crippen molar-refractivity contribution in [3.8, 4) is 5.75 Å². The summed E-state index contributed by atoms with van der Waals surface area (Å²) in [5, 5.41) is 4.72. The lowest BCUT2D eigenvalue weighted by Gasteiger charge is -2.13. The summed E-state index contributed by atoms with van der Waals surface area (Å²) in [7, 11) is 5.65. The third-order valence-electron chi connectivity index (χ3n) is 1.98. The molecule has 0 saturated heterocycles. The second-order valence-electron chi connectivity index (χ2n) is 3.03. The number of aryl methyl sites for hydroxylation is 1. The quantitative estimate of drug-likeness (QED) is 0.646. The maximum absolute atomic E-state index is 11.7. The van der Waals surface area contributed by atoms with E-state index in [1.807, 2.05) is 0 Å². The molecule has 16 heavy (non-hydrogen) atoms. The Kier molecular flexibility index (Phi) is 3.62. The molecule has 0 bridgehead atoms. The fraction of sp³-hybridized carbons (Fsp3) is 0.444. The van der Waals surface area contributed by atoms with Crippen LogP contribution in [0.3, 0.4) is 0 Å². The molecule has 1 heterocycles.